The Morgan fingerprint density at radius 3 is 2.13 bits per heavy atom. The fourth-order valence-corrected chi connectivity index (χ4v) is 5.47. The summed E-state index contributed by atoms with van der Waals surface area (Å²) >= 11 is 0. The standard InChI is InChI=1S/C39H48N2O6/c1-39(2,3)35-27-47-38(45)32(22-28-12-6-4-7-13-28)17-11-10-16-31(37(44)41-35)24-36(43)40-33(25-42)23-29-18-20-34(21-19-29)46-26-30-14-8-5-9-15-30/h4-15,18-21,31-33,35,42H,16-17,22-27H2,1-3H3,(H,40,43)(H,41,44). The molecule has 1 heterocycles. The number of benzene rings is 3. The first-order valence-electron chi connectivity index (χ1n) is 16.4. The summed E-state index contributed by atoms with van der Waals surface area (Å²) in [6, 6.07) is 26.4. The average Bonchev–Trinajstić information content (AvgIpc) is 3.06. The van der Waals surface area contributed by atoms with E-state index in [1.807, 2.05) is 118 Å². The lowest BCUT2D eigenvalue weighted by Crippen LogP contribution is -2.50. The second kappa shape index (κ2) is 17.5. The van der Waals surface area contributed by atoms with E-state index in [0.29, 0.717) is 32.3 Å². The summed E-state index contributed by atoms with van der Waals surface area (Å²) in [7, 11) is 0. The van der Waals surface area contributed by atoms with Gasteiger partial charge in [-0.05, 0) is 59.9 Å². The van der Waals surface area contributed by atoms with Crippen molar-refractivity contribution in [2.24, 2.45) is 17.3 Å². The lowest BCUT2D eigenvalue weighted by molar-refractivity contribution is -0.151. The molecule has 8 heteroatoms. The number of aliphatic hydroxyl groups is 1. The Hall–Kier alpha value is -4.43. The van der Waals surface area contributed by atoms with Crippen LogP contribution in [0.3, 0.4) is 0 Å². The van der Waals surface area contributed by atoms with E-state index in [1.54, 1.807) is 0 Å². The van der Waals surface area contributed by atoms with Crippen LogP contribution in [0.5, 0.6) is 5.75 Å². The topological polar surface area (TPSA) is 114 Å². The number of carbonyl (C=O) groups excluding carboxylic acids is 3. The van der Waals surface area contributed by atoms with Gasteiger partial charge in [0.15, 0.2) is 0 Å². The molecule has 0 spiro atoms. The third-order valence-corrected chi connectivity index (χ3v) is 8.46. The third-order valence-electron chi connectivity index (χ3n) is 8.46. The maximum Gasteiger partial charge on any atom is 0.309 e. The van der Waals surface area contributed by atoms with Crippen molar-refractivity contribution in [2.45, 2.75) is 71.6 Å². The lowest BCUT2D eigenvalue weighted by Gasteiger charge is -2.33. The number of allylic oxidation sites excluding steroid dienone is 2. The van der Waals surface area contributed by atoms with Gasteiger partial charge in [0, 0.05) is 6.42 Å². The molecule has 4 rings (SSSR count). The summed E-state index contributed by atoms with van der Waals surface area (Å²) in [5, 5.41) is 16.0. The Balaban J connectivity index is 1.37. The molecule has 0 saturated heterocycles. The highest BCUT2D eigenvalue weighted by molar-refractivity contribution is 5.86. The van der Waals surface area contributed by atoms with E-state index >= 15 is 0 Å². The van der Waals surface area contributed by atoms with Gasteiger partial charge in [0.1, 0.15) is 19.0 Å². The molecule has 0 aliphatic carbocycles. The van der Waals surface area contributed by atoms with Crippen molar-refractivity contribution in [1.82, 2.24) is 10.6 Å². The first-order chi connectivity index (χ1) is 22.6. The van der Waals surface area contributed by atoms with E-state index in [1.165, 1.54) is 0 Å². The number of amides is 2. The molecule has 3 aromatic rings. The predicted octanol–water partition coefficient (Wildman–Crippen LogP) is 5.57. The van der Waals surface area contributed by atoms with E-state index in [2.05, 4.69) is 10.6 Å². The number of nitrogens with one attached hydrogen (secondary N) is 2. The number of carbonyl (C=O) groups is 3. The summed E-state index contributed by atoms with van der Waals surface area (Å²) in [6.45, 7) is 6.21. The van der Waals surface area contributed by atoms with E-state index in [0.717, 1.165) is 22.4 Å². The minimum atomic E-state index is -0.626. The van der Waals surface area contributed by atoms with Crippen molar-refractivity contribution in [1.29, 1.82) is 0 Å². The Bertz CT molecular complexity index is 1450. The molecule has 0 bridgehead atoms. The highest BCUT2D eigenvalue weighted by Gasteiger charge is 2.32. The van der Waals surface area contributed by atoms with Crippen molar-refractivity contribution in [3.05, 3.63) is 114 Å². The van der Waals surface area contributed by atoms with Crippen LogP contribution < -0.4 is 15.4 Å². The summed E-state index contributed by atoms with van der Waals surface area (Å²) in [5.74, 6) is -1.12. The normalized spacial score (nSPS) is 19.8. The molecule has 250 valence electrons. The van der Waals surface area contributed by atoms with Gasteiger partial charge in [-0.3, -0.25) is 14.4 Å². The van der Waals surface area contributed by atoms with Crippen molar-refractivity contribution in [3.8, 4) is 5.75 Å². The zero-order valence-electron chi connectivity index (χ0n) is 27.7. The summed E-state index contributed by atoms with van der Waals surface area (Å²) < 4.78 is 11.6. The molecule has 3 aromatic carbocycles. The SMILES string of the molecule is CC(C)(C)C1COC(=O)C(Cc2ccccc2)CC=CCC(CC(=O)NC(CO)Cc2ccc(OCc3ccccc3)cc2)C(=O)N1. The van der Waals surface area contributed by atoms with E-state index in [-0.39, 0.29) is 48.8 Å². The predicted molar refractivity (Wildman–Crippen MR) is 182 cm³/mol. The molecule has 4 unspecified atom stereocenters. The van der Waals surface area contributed by atoms with Gasteiger partial charge in [-0.1, -0.05) is 106 Å². The molecule has 0 saturated carbocycles. The van der Waals surface area contributed by atoms with E-state index < -0.39 is 18.0 Å². The van der Waals surface area contributed by atoms with Crippen LogP contribution in [0.15, 0.2) is 97.1 Å². The Labute approximate surface area is 278 Å². The highest BCUT2D eigenvalue weighted by Crippen LogP contribution is 2.24. The fourth-order valence-electron chi connectivity index (χ4n) is 5.47. The Kier molecular flexibility index (Phi) is 13.2. The van der Waals surface area contributed by atoms with E-state index in [9.17, 15) is 19.5 Å². The number of esters is 1. The van der Waals surface area contributed by atoms with Crippen molar-refractivity contribution in [2.75, 3.05) is 13.2 Å². The zero-order valence-corrected chi connectivity index (χ0v) is 27.7. The zero-order chi connectivity index (χ0) is 33.6. The largest absolute Gasteiger partial charge is 0.489 e. The number of hydrogen-bond acceptors (Lipinski definition) is 6. The molecular formula is C39H48N2O6. The highest BCUT2D eigenvalue weighted by atomic mass is 16.5. The van der Waals surface area contributed by atoms with Crippen LogP contribution in [0.1, 0.15) is 56.7 Å². The number of rotatable bonds is 11. The summed E-state index contributed by atoms with van der Waals surface area (Å²) in [6.07, 6.45) is 5.53. The van der Waals surface area contributed by atoms with Gasteiger partial charge in [-0.15, -0.1) is 0 Å². The van der Waals surface area contributed by atoms with Crippen LogP contribution in [0.2, 0.25) is 0 Å². The van der Waals surface area contributed by atoms with Crippen molar-refractivity contribution < 1.29 is 29.0 Å². The molecule has 0 aromatic heterocycles. The van der Waals surface area contributed by atoms with Gasteiger partial charge >= 0.3 is 5.97 Å². The molecule has 47 heavy (non-hydrogen) atoms. The lowest BCUT2D eigenvalue weighted by atomic mass is 9.86. The average molecular weight is 641 g/mol. The summed E-state index contributed by atoms with van der Waals surface area (Å²) in [5.41, 5.74) is 2.68. The quantitative estimate of drug-likeness (QED) is 0.187. The van der Waals surface area contributed by atoms with Gasteiger partial charge in [0.25, 0.3) is 0 Å². The number of ether oxygens (including phenoxy) is 2. The molecule has 0 radical (unpaired) electrons. The minimum Gasteiger partial charge on any atom is -0.489 e. The first-order valence-corrected chi connectivity index (χ1v) is 16.4. The number of aliphatic hydroxyl groups excluding tert-OH is 1. The fraction of sp³-hybridized carbons (Fsp3) is 0.410. The Morgan fingerprint density at radius 2 is 1.51 bits per heavy atom. The van der Waals surface area contributed by atoms with Crippen LogP contribution >= 0.6 is 0 Å². The maximum absolute atomic E-state index is 13.5. The molecule has 4 atom stereocenters. The van der Waals surface area contributed by atoms with Gasteiger partial charge in [-0.25, -0.2) is 0 Å². The minimum absolute atomic E-state index is 0.0387. The van der Waals surface area contributed by atoms with Crippen molar-refractivity contribution >= 4 is 17.8 Å². The summed E-state index contributed by atoms with van der Waals surface area (Å²) in [4.78, 5) is 39.8. The number of cyclic esters (lactones) is 1. The first kappa shape index (κ1) is 35.4. The van der Waals surface area contributed by atoms with Crippen LogP contribution in [0.25, 0.3) is 0 Å². The van der Waals surface area contributed by atoms with Crippen molar-refractivity contribution in [3.63, 3.8) is 0 Å². The maximum atomic E-state index is 13.5. The van der Waals surface area contributed by atoms with Gasteiger partial charge < -0.3 is 25.2 Å². The number of hydrogen-bond donors (Lipinski definition) is 3. The molecular weight excluding hydrogens is 592 g/mol. The molecule has 8 nitrogen and oxygen atoms in total. The molecule has 1 aliphatic heterocycles. The van der Waals surface area contributed by atoms with Crippen LogP contribution in [0, 0.1) is 17.3 Å². The second-order valence-corrected chi connectivity index (χ2v) is 13.4. The molecule has 2 amide bonds. The van der Waals surface area contributed by atoms with E-state index in [4.69, 9.17) is 9.47 Å². The monoisotopic (exact) mass is 640 g/mol. The van der Waals surface area contributed by atoms with Crippen LogP contribution in [-0.4, -0.2) is 48.2 Å². The third kappa shape index (κ3) is 11.7. The van der Waals surface area contributed by atoms with Gasteiger partial charge in [0.2, 0.25) is 11.8 Å². The Morgan fingerprint density at radius 1 is 0.894 bits per heavy atom. The second-order valence-electron chi connectivity index (χ2n) is 13.4. The van der Waals surface area contributed by atoms with Crippen LogP contribution in [0.4, 0.5) is 0 Å². The smallest absolute Gasteiger partial charge is 0.309 e. The molecule has 0 fully saturated rings. The molecule has 3 N–H and O–H groups in total. The van der Waals surface area contributed by atoms with Crippen LogP contribution in [-0.2, 0) is 38.6 Å². The van der Waals surface area contributed by atoms with Gasteiger partial charge in [-0.2, -0.15) is 0 Å². The van der Waals surface area contributed by atoms with Gasteiger partial charge in [0.05, 0.1) is 30.5 Å². The molecule has 1 aliphatic rings.